The molecule has 0 aromatic rings. The summed E-state index contributed by atoms with van der Waals surface area (Å²) in [7, 11) is 0. The van der Waals surface area contributed by atoms with Crippen molar-refractivity contribution in [3.63, 3.8) is 0 Å². The van der Waals surface area contributed by atoms with Crippen LogP contribution in [0.2, 0.25) is 0 Å². The van der Waals surface area contributed by atoms with Gasteiger partial charge in [-0.05, 0) is 141 Å². The van der Waals surface area contributed by atoms with Gasteiger partial charge in [-0.3, -0.25) is 14.4 Å². The molecule has 0 aromatic carbocycles. The second-order valence-corrected chi connectivity index (χ2v) is 21.9. The summed E-state index contributed by atoms with van der Waals surface area (Å²) >= 11 is 0. The van der Waals surface area contributed by atoms with Crippen LogP contribution in [0, 0.1) is 0 Å². The monoisotopic (exact) mass is 1140 g/mol. The minimum Gasteiger partial charge on any atom is -0.462 e. The van der Waals surface area contributed by atoms with Crippen LogP contribution in [0.15, 0.2) is 158 Å². The normalized spacial score (nSPS) is 13.1. The van der Waals surface area contributed by atoms with Gasteiger partial charge in [0.1, 0.15) is 13.2 Å². The van der Waals surface area contributed by atoms with E-state index in [-0.39, 0.29) is 37.5 Å². The Morgan fingerprint density at radius 1 is 0.241 bits per heavy atom. The van der Waals surface area contributed by atoms with E-state index in [0.717, 1.165) is 154 Å². The van der Waals surface area contributed by atoms with Crippen LogP contribution < -0.4 is 0 Å². The lowest BCUT2D eigenvalue weighted by Gasteiger charge is -2.18. The van der Waals surface area contributed by atoms with E-state index in [4.69, 9.17) is 14.2 Å². The number of carbonyl (C=O) groups is 3. The highest BCUT2D eigenvalue weighted by atomic mass is 16.6. The maximum Gasteiger partial charge on any atom is 0.306 e. The van der Waals surface area contributed by atoms with Gasteiger partial charge in [0.15, 0.2) is 6.10 Å². The molecule has 0 spiro atoms. The Morgan fingerprint density at radius 3 is 0.699 bits per heavy atom. The molecular weight excluding hydrogens is 1020 g/mol. The highest BCUT2D eigenvalue weighted by Crippen LogP contribution is 2.16. The van der Waals surface area contributed by atoms with Gasteiger partial charge in [0.2, 0.25) is 0 Å². The molecule has 6 nitrogen and oxygen atoms in total. The minimum absolute atomic E-state index is 0.106. The molecule has 0 saturated heterocycles. The fraction of sp³-hybridized carbons (Fsp3) is 0.623. The van der Waals surface area contributed by atoms with Gasteiger partial charge in [-0.15, -0.1) is 0 Å². The van der Waals surface area contributed by atoms with E-state index in [1.165, 1.54) is 89.9 Å². The lowest BCUT2D eigenvalue weighted by atomic mass is 10.0. The number of allylic oxidation sites excluding steroid dienone is 26. The summed E-state index contributed by atoms with van der Waals surface area (Å²) in [6.45, 7) is 6.26. The first kappa shape index (κ1) is 78.0. The van der Waals surface area contributed by atoms with Crippen LogP contribution in [0.3, 0.4) is 0 Å². The second-order valence-electron chi connectivity index (χ2n) is 21.9. The van der Waals surface area contributed by atoms with E-state index in [1.54, 1.807) is 0 Å². The van der Waals surface area contributed by atoms with E-state index in [2.05, 4.69) is 179 Å². The van der Waals surface area contributed by atoms with Gasteiger partial charge in [0.05, 0.1) is 0 Å². The Balaban J connectivity index is 4.38. The molecule has 0 radical (unpaired) electrons. The van der Waals surface area contributed by atoms with Gasteiger partial charge in [0, 0.05) is 19.3 Å². The summed E-state index contributed by atoms with van der Waals surface area (Å²) in [4.78, 5) is 38.4. The molecule has 0 N–H and O–H groups in total. The van der Waals surface area contributed by atoms with Gasteiger partial charge < -0.3 is 14.2 Å². The zero-order valence-electron chi connectivity index (χ0n) is 53.7. The van der Waals surface area contributed by atoms with Gasteiger partial charge in [-0.1, -0.05) is 288 Å². The first-order valence-corrected chi connectivity index (χ1v) is 34.0. The fourth-order valence-corrected chi connectivity index (χ4v) is 9.04. The molecule has 0 aliphatic carbocycles. The molecule has 1 unspecified atom stereocenters. The Labute approximate surface area is 511 Å². The summed E-state index contributed by atoms with van der Waals surface area (Å²) < 4.78 is 16.9. The molecule has 83 heavy (non-hydrogen) atoms. The van der Waals surface area contributed by atoms with E-state index in [9.17, 15) is 14.4 Å². The molecule has 0 rings (SSSR count). The van der Waals surface area contributed by atoms with Crippen molar-refractivity contribution in [3.05, 3.63) is 158 Å². The van der Waals surface area contributed by atoms with Crippen molar-refractivity contribution in [1.82, 2.24) is 0 Å². The lowest BCUT2D eigenvalue weighted by Crippen LogP contribution is -2.30. The number of hydrogen-bond acceptors (Lipinski definition) is 6. The van der Waals surface area contributed by atoms with Gasteiger partial charge >= 0.3 is 17.9 Å². The smallest absolute Gasteiger partial charge is 0.306 e. The molecule has 6 heteroatoms. The third kappa shape index (κ3) is 67.7. The highest BCUT2D eigenvalue weighted by Gasteiger charge is 2.19. The summed E-state index contributed by atoms with van der Waals surface area (Å²) in [6.07, 6.45) is 101. The van der Waals surface area contributed by atoms with Crippen molar-refractivity contribution in [3.8, 4) is 0 Å². The molecule has 0 amide bonds. The zero-order valence-corrected chi connectivity index (χ0v) is 53.7. The largest absolute Gasteiger partial charge is 0.462 e. The van der Waals surface area contributed by atoms with Crippen LogP contribution >= 0.6 is 0 Å². The van der Waals surface area contributed by atoms with Crippen LogP contribution in [-0.2, 0) is 28.6 Å². The number of unbranched alkanes of at least 4 members (excludes halogenated alkanes) is 23. The number of ether oxygens (including phenoxy) is 3. The number of rotatable bonds is 60. The minimum atomic E-state index is -0.817. The average Bonchev–Trinajstić information content (AvgIpc) is 3.49. The Kier molecular flexibility index (Phi) is 65.4. The number of esters is 3. The molecular formula is C77H124O6. The van der Waals surface area contributed by atoms with Gasteiger partial charge in [0.25, 0.3) is 0 Å². The molecule has 0 aliphatic rings. The van der Waals surface area contributed by atoms with Gasteiger partial charge in [-0.2, -0.15) is 0 Å². The molecule has 468 valence electrons. The molecule has 0 bridgehead atoms. The summed E-state index contributed by atoms with van der Waals surface area (Å²) in [5.74, 6) is -0.965. The Hall–Kier alpha value is -4.97. The Morgan fingerprint density at radius 2 is 0.434 bits per heavy atom. The van der Waals surface area contributed by atoms with Crippen LogP contribution in [0.4, 0.5) is 0 Å². The Bertz CT molecular complexity index is 1840. The van der Waals surface area contributed by atoms with Crippen LogP contribution in [0.25, 0.3) is 0 Å². The standard InChI is InChI=1S/C77H124O6/c1-4-7-10-13-16-19-22-25-28-30-32-34-35-36-37-38-39-40-41-43-44-46-49-52-55-58-61-64-67-70-76(79)82-73-74(72-81-75(78)69-66-63-60-57-54-51-48-27-24-21-18-15-12-9-6-3)83-77(80)71-68-65-62-59-56-53-50-47-45-42-33-31-29-26-23-20-17-14-11-8-5-2/h7-12,16-21,25-29,32-34,42,47-48,50,56,59,74H,4-6,13-15,22-24,30-31,35-41,43-46,49,51-55,57-58,60-73H2,1-3H3/b10-7-,11-8-,12-9-,19-16-,20-17-,21-18-,28-25-,29-26-,34-32-,42-33-,48-27-,50-47-,59-56-. The van der Waals surface area contributed by atoms with Crippen molar-refractivity contribution < 1.29 is 28.6 Å². The maximum atomic E-state index is 12.9. The summed E-state index contributed by atoms with van der Waals surface area (Å²) in [5, 5.41) is 0. The number of hydrogen-bond donors (Lipinski definition) is 0. The molecule has 0 aromatic heterocycles. The van der Waals surface area contributed by atoms with Crippen LogP contribution in [-0.4, -0.2) is 37.2 Å². The van der Waals surface area contributed by atoms with Crippen molar-refractivity contribution in [2.24, 2.45) is 0 Å². The van der Waals surface area contributed by atoms with E-state index >= 15 is 0 Å². The maximum absolute atomic E-state index is 12.9. The number of carbonyl (C=O) groups excluding carboxylic acids is 3. The van der Waals surface area contributed by atoms with E-state index in [1.807, 2.05) is 0 Å². The highest BCUT2D eigenvalue weighted by molar-refractivity contribution is 5.71. The predicted octanol–water partition coefficient (Wildman–Crippen LogP) is 23.7. The fourth-order valence-electron chi connectivity index (χ4n) is 9.04. The quantitative estimate of drug-likeness (QED) is 0.0261. The molecule has 0 fully saturated rings. The third-order valence-corrected chi connectivity index (χ3v) is 14.0. The molecule has 0 heterocycles. The van der Waals surface area contributed by atoms with Gasteiger partial charge in [-0.25, -0.2) is 0 Å². The summed E-state index contributed by atoms with van der Waals surface area (Å²) in [6, 6.07) is 0. The third-order valence-electron chi connectivity index (χ3n) is 14.0. The van der Waals surface area contributed by atoms with E-state index < -0.39 is 6.10 Å². The summed E-state index contributed by atoms with van der Waals surface area (Å²) in [5.41, 5.74) is 0. The van der Waals surface area contributed by atoms with Crippen molar-refractivity contribution in [2.75, 3.05) is 13.2 Å². The topological polar surface area (TPSA) is 78.9 Å². The zero-order chi connectivity index (χ0) is 59.9. The predicted molar refractivity (Wildman–Crippen MR) is 362 cm³/mol. The molecule has 0 saturated carbocycles. The molecule has 0 aliphatic heterocycles. The first-order valence-electron chi connectivity index (χ1n) is 34.0. The average molecular weight is 1150 g/mol. The van der Waals surface area contributed by atoms with Crippen molar-refractivity contribution in [1.29, 1.82) is 0 Å². The lowest BCUT2D eigenvalue weighted by molar-refractivity contribution is -0.167. The van der Waals surface area contributed by atoms with Crippen LogP contribution in [0.5, 0.6) is 0 Å². The van der Waals surface area contributed by atoms with Crippen molar-refractivity contribution >= 4 is 17.9 Å². The van der Waals surface area contributed by atoms with Crippen molar-refractivity contribution in [2.45, 2.75) is 297 Å². The van der Waals surface area contributed by atoms with E-state index in [0.29, 0.717) is 19.3 Å². The first-order chi connectivity index (χ1) is 41.0. The second kappa shape index (κ2) is 69.5. The SMILES string of the molecule is CC/C=C\C/C=C\C/C=C\C/C=C\C/C=C\C/C=C\CCCCC(=O)OC(COC(=O)CCCCCCC/C=C\C/C=C\C/C=C\CC)COC(=O)CCCCCCCCCCCCCCCCCC/C=C\C/C=C\C/C=C\C/C=C\CC. The van der Waals surface area contributed by atoms with Crippen LogP contribution in [0.1, 0.15) is 290 Å². The molecule has 1 atom stereocenters.